The maximum absolute atomic E-state index is 12.6. The van der Waals surface area contributed by atoms with Crippen LogP contribution in [0.15, 0.2) is 23.1 Å². The van der Waals surface area contributed by atoms with Crippen molar-refractivity contribution in [2.45, 2.75) is 64.0 Å². The van der Waals surface area contributed by atoms with Crippen LogP contribution in [0, 0.1) is 12.3 Å². The minimum Gasteiger partial charge on any atom is -0.392 e. The molecule has 1 fully saturated rings. The van der Waals surface area contributed by atoms with E-state index >= 15 is 0 Å². The van der Waals surface area contributed by atoms with E-state index in [-0.39, 0.29) is 17.5 Å². The van der Waals surface area contributed by atoms with Crippen LogP contribution < -0.4 is 4.72 Å². The number of rotatable bonds is 4. The van der Waals surface area contributed by atoms with Crippen molar-refractivity contribution >= 4 is 10.0 Å². The average molecular weight is 311 g/mol. The molecule has 0 amide bonds. The Hall–Kier alpha value is -0.910. The monoisotopic (exact) mass is 311 g/mol. The van der Waals surface area contributed by atoms with Gasteiger partial charge in [0.1, 0.15) is 0 Å². The Bertz CT molecular complexity index is 598. The molecule has 0 atom stereocenters. The molecular weight excluding hydrogens is 286 g/mol. The third kappa shape index (κ3) is 3.84. The molecule has 0 spiro atoms. The van der Waals surface area contributed by atoms with Gasteiger partial charge >= 0.3 is 0 Å². The molecule has 1 aliphatic carbocycles. The lowest BCUT2D eigenvalue weighted by molar-refractivity contribution is 0.218. The molecule has 0 bridgehead atoms. The Morgan fingerprint density at radius 3 is 2.48 bits per heavy atom. The lowest BCUT2D eigenvalue weighted by Crippen LogP contribution is -2.39. The molecular formula is C16H25NO3S. The molecule has 1 saturated carbocycles. The highest BCUT2D eigenvalue weighted by atomic mass is 32.2. The molecule has 1 aromatic rings. The molecule has 5 heteroatoms. The van der Waals surface area contributed by atoms with Gasteiger partial charge < -0.3 is 5.11 Å². The van der Waals surface area contributed by atoms with E-state index in [1.54, 1.807) is 25.1 Å². The van der Waals surface area contributed by atoms with Crippen molar-refractivity contribution in [1.82, 2.24) is 4.72 Å². The van der Waals surface area contributed by atoms with Crippen molar-refractivity contribution in [1.29, 1.82) is 0 Å². The van der Waals surface area contributed by atoms with Crippen molar-refractivity contribution < 1.29 is 13.5 Å². The molecule has 0 unspecified atom stereocenters. The van der Waals surface area contributed by atoms with Crippen molar-refractivity contribution in [3.63, 3.8) is 0 Å². The fourth-order valence-electron chi connectivity index (χ4n) is 2.92. The second-order valence-corrected chi connectivity index (χ2v) is 8.44. The Kier molecular flexibility index (Phi) is 4.76. The number of hydrogen-bond donors (Lipinski definition) is 2. The second-order valence-electron chi connectivity index (χ2n) is 6.76. The molecule has 4 nitrogen and oxygen atoms in total. The SMILES string of the molecule is Cc1c(CO)cccc1S(=O)(=O)NC1CCC(C)(C)CC1. The smallest absolute Gasteiger partial charge is 0.241 e. The number of benzene rings is 1. The molecule has 0 aliphatic heterocycles. The van der Waals surface area contributed by atoms with Crippen LogP contribution in [0.5, 0.6) is 0 Å². The van der Waals surface area contributed by atoms with E-state index in [9.17, 15) is 13.5 Å². The molecule has 0 heterocycles. The third-order valence-corrected chi connectivity index (χ3v) is 6.18. The number of aliphatic hydroxyl groups is 1. The summed E-state index contributed by atoms with van der Waals surface area (Å²) in [6.45, 7) is 6.05. The standard InChI is InChI=1S/C16H25NO3S/c1-12-13(11-18)5-4-6-15(12)21(19,20)17-14-7-9-16(2,3)10-8-14/h4-6,14,17-18H,7-11H2,1-3H3. The fourth-order valence-corrected chi connectivity index (χ4v) is 4.52. The number of hydrogen-bond acceptors (Lipinski definition) is 3. The molecule has 118 valence electrons. The second kappa shape index (κ2) is 6.07. The first-order chi connectivity index (χ1) is 9.75. The van der Waals surface area contributed by atoms with Crippen molar-refractivity contribution in [2.75, 3.05) is 0 Å². The van der Waals surface area contributed by atoms with E-state index in [0.717, 1.165) is 25.7 Å². The summed E-state index contributed by atoms with van der Waals surface area (Å²) in [7, 11) is -3.52. The predicted molar refractivity (Wildman–Crippen MR) is 83.5 cm³/mol. The van der Waals surface area contributed by atoms with Gasteiger partial charge in [-0.2, -0.15) is 0 Å². The van der Waals surface area contributed by atoms with Crippen LogP contribution in [-0.2, 0) is 16.6 Å². The van der Waals surface area contributed by atoms with Gasteiger partial charge in [-0.1, -0.05) is 26.0 Å². The molecule has 2 N–H and O–H groups in total. The topological polar surface area (TPSA) is 66.4 Å². The first kappa shape index (κ1) is 16.5. The van der Waals surface area contributed by atoms with Gasteiger partial charge in [-0.3, -0.25) is 0 Å². The van der Waals surface area contributed by atoms with Crippen molar-refractivity contribution in [3.05, 3.63) is 29.3 Å². The lowest BCUT2D eigenvalue weighted by atomic mass is 9.76. The number of sulfonamides is 1. The highest BCUT2D eigenvalue weighted by Crippen LogP contribution is 2.35. The largest absolute Gasteiger partial charge is 0.392 e. The summed E-state index contributed by atoms with van der Waals surface area (Å²) < 4.78 is 27.9. The summed E-state index contributed by atoms with van der Waals surface area (Å²) in [5, 5.41) is 9.27. The van der Waals surface area contributed by atoms with Crippen LogP contribution in [0.3, 0.4) is 0 Å². The van der Waals surface area contributed by atoms with E-state index in [1.165, 1.54) is 0 Å². The van der Waals surface area contributed by atoms with Crippen molar-refractivity contribution in [3.8, 4) is 0 Å². The maximum Gasteiger partial charge on any atom is 0.241 e. The van der Waals surface area contributed by atoms with Gasteiger partial charge in [0, 0.05) is 6.04 Å². The lowest BCUT2D eigenvalue weighted by Gasteiger charge is -2.34. The normalized spacial score (nSPS) is 19.6. The summed E-state index contributed by atoms with van der Waals surface area (Å²) >= 11 is 0. The predicted octanol–water partition coefficient (Wildman–Crippen LogP) is 2.73. The minimum absolute atomic E-state index is 0.0141. The third-order valence-electron chi connectivity index (χ3n) is 4.52. The van der Waals surface area contributed by atoms with E-state index < -0.39 is 10.0 Å². The van der Waals surface area contributed by atoms with Gasteiger partial charge in [0.05, 0.1) is 11.5 Å². The van der Waals surface area contributed by atoms with Crippen molar-refractivity contribution in [2.24, 2.45) is 5.41 Å². The zero-order chi connectivity index (χ0) is 15.7. The Morgan fingerprint density at radius 2 is 1.90 bits per heavy atom. The van der Waals surface area contributed by atoms with Crippen LogP contribution in [0.2, 0.25) is 0 Å². The van der Waals surface area contributed by atoms with Crippen LogP contribution in [0.4, 0.5) is 0 Å². The average Bonchev–Trinajstić information content (AvgIpc) is 2.41. The molecule has 1 aromatic carbocycles. The molecule has 2 rings (SSSR count). The van der Waals surface area contributed by atoms with Crippen LogP contribution in [0.25, 0.3) is 0 Å². The highest BCUT2D eigenvalue weighted by molar-refractivity contribution is 7.89. The Balaban J connectivity index is 2.16. The van der Waals surface area contributed by atoms with Crippen LogP contribution in [-0.4, -0.2) is 19.6 Å². The zero-order valence-electron chi connectivity index (χ0n) is 13.0. The van der Waals surface area contributed by atoms with Gasteiger partial charge in [0.25, 0.3) is 0 Å². The van der Waals surface area contributed by atoms with Gasteiger partial charge in [0.2, 0.25) is 10.0 Å². The molecule has 0 aromatic heterocycles. The first-order valence-corrected chi connectivity index (χ1v) is 8.95. The Morgan fingerprint density at radius 1 is 1.29 bits per heavy atom. The summed E-state index contributed by atoms with van der Waals surface area (Å²) in [6, 6.07) is 5.04. The maximum atomic E-state index is 12.6. The minimum atomic E-state index is -3.52. The quantitative estimate of drug-likeness (QED) is 0.898. The van der Waals surface area contributed by atoms with Gasteiger partial charge in [-0.05, 0) is 55.2 Å². The Labute approximate surface area is 127 Å². The van der Waals surface area contributed by atoms with Gasteiger partial charge in [0.15, 0.2) is 0 Å². The molecule has 0 radical (unpaired) electrons. The van der Waals surface area contributed by atoms with E-state index in [0.29, 0.717) is 16.5 Å². The molecule has 21 heavy (non-hydrogen) atoms. The first-order valence-electron chi connectivity index (χ1n) is 7.47. The van der Waals surface area contributed by atoms with Crippen LogP contribution in [0.1, 0.15) is 50.7 Å². The fraction of sp³-hybridized carbons (Fsp3) is 0.625. The molecule has 1 aliphatic rings. The summed E-state index contributed by atoms with van der Waals surface area (Å²) in [4.78, 5) is 0.277. The number of aliphatic hydroxyl groups excluding tert-OH is 1. The van der Waals surface area contributed by atoms with Crippen LogP contribution >= 0.6 is 0 Å². The summed E-state index contributed by atoms with van der Waals surface area (Å²) in [5.74, 6) is 0. The molecule has 0 saturated heterocycles. The summed E-state index contributed by atoms with van der Waals surface area (Å²) in [5.41, 5.74) is 1.60. The van der Waals surface area contributed by atoms with E-state index in [1.807, 2.05) is 0 Å². The highest BCUT2D eigenvalue weighted by Gasteiger charge is 2.30. The summed E-state index contributed by atoms with van der Waals surface area (Å²) in [6.07, 6.45) is 3.83. The van der Waals surface area contributed by atoms with Gasteiger partial charge in [-0.25, -0.2) is 13.1 Å². The van der Waals surface area contributed by atoms with E-state index in [4.69, 9.17) is 0 Å². The van der Waals surface area contributed by atoms with E-state index in [2.05, 4.69) is 18.6 Å². The number of nitrogens with one attached hydrogen (secondary N) is 1. The zero-order valence-corrected chi connectivity index (χ0v) is 13.8. The van der Waals surface area contributed by atoms with Gasteiger partial charge in [-0.15, -0.1) is 0 Å².